The summed E-state index contributed by atoms with van der Waals surface area (Å²) in [5.74, 6) is 5.24. The second-order valence-electron chi connectivity index (χ2n) is 15.6. The van der Waals surface area contributed by atoms with Crippen molar-refractivity contribution in [3.63, 3.8) is 0 Å². The third-order valence-electron chi connectivity index (χ3n) is 13.6. The van der Waals surface area contributed by atoms with Gasteiger partial charge in [0.1, 0.15) is 6.10 Å². The predicted molar refractivity (Wildman–Crippen MR) is 157 cm³/mol. The van der Waals surface area contributed by atoms with Gasteiger partial charge in [-0.15, -0.1) is 0 Å². The van der Waals surface area contributed by atoms with Gasteiger partial charge in [0.2, 0.25) is 0 Å². The zero-order valence-electron chi connectivity index (χ0n) is 25.2. The van der Waals surface area contributed by atoms with E-state index in [1.54, 1.807) is 0 Å². The summed E-state index contributed by atoms with van der Waals surface area (Å²) in [6, 6.07) is 9.56. The summed E-state index contributed by atoms with van der Waals surface area (Å²) in [5.41, 5.74) is 1.15. The molecule has 10 atom stereocenters. The molecule has 1 aromatic rings. The highest BCUT2D eigenvalue weighted by Crippen LogP contribution is 2.69. The average molecular weight is 535 g/mol. The molecule has 5 aliphatic rings. The van der Waals surface area contributed by atoms with E-state index in [-0.39, 0.29) is 12.1 Å². The van der Waals surface area contributed by atoms with Crippen LogP contribution in [-0.4, -0.2) is 22.8 Å². The lowest BCUT2D eigenvalue weighted by Gasteiger charge is -2.62. The molecule has 1 aromatic carbocycles. The molecule has 0 bridgehead atoms. The van der Waals surface area contributed by atoms with Crippen LogP contribution in [0, 0.1) is 52.3 Å². The first-order valence-electron chi connectivity index (χ1n) is 16.6. The molecule has 3 nitrogen and oxygen atoms in total. The maximum atomic E-state index is 12.9. The highest BCUT2D eigenvalue weighted by atomic mass is 16.5. The number of ether oxygens (including phenoxy) is 1. The Labute approximate surface area is 237 Å². The number of hydrogen-bond acceptors (Lipinski definition) is 3. The summed E-state index contributed by atoms with van der Waals surface area (Å²) in [6.45, 7) is 9.88. The van der Waals surface area contributed by atoms with Crippen molar-refractivity contribution >= 4 is 5.97 Å². The summed E-state index contributed by atoms with van der Waals surface area (Å²) in [5, 5.41) is 10.8. The molecule has 0 radical (unpaired) electrons. The summed E-state index contributed by atoms with van der Waals surface area (Å²) < 4.78 is 6.18. The summed E-state index contributed by atoms with van der Waals surface area (Å²) in [6.07, 6.45) is 17.5. The van der Waals surface area contributed by atoms with Crippen LogP contribution in [-0.2, 0) is 4.74 Å². The maximum absolute atomic E-state index is 12.9. The molecule has 3 heteroatoms. The van der Waals surface area contributed by atoms with Crippen LogP contribution in [0.3, 0.4) is 0 Å². The first kappa shape index (κ1) is 27.8. The van der Waals surface area contributed by atoms with Gasteiger partial charge in [0.15, 0.2) is 0 Å². The van der Waals surface area contributed by atoms with E-state index in [0.29, 0.717) is 34.1 Å². The smallest absolute Gasteiger partial charge is 0.338 e. The molecule has 5 fully saturated rings. The Morgan fingerprint density at radius 1 is 0.897 bits per heavy atom. The van der Waals surface area contributed by atoms with Crippen LogP contribution in [0.5, 0.6) is 0 Å². The van der Waals surface area contributed by atoms with Gasteiger partial charge in [-0.05, 0) is 155 Å². The third kappa shape index (κ3) is 5.02. The van der Waals surface area contributed by atoms with E-state index in [9.17, 15) is 9.90 Å². The van der Waals surface area contributed by atoms with Crippen LogP contribution in [0.4, 0.5) is 0 Å². The van der Waals surface area contributed by atoms with Crippen molar-refractivity contribution in [2.24, 2.45) is 52.3 Å². The molecule has 5 aliphatic carbocycles. The standard InChI is InChI=1S/C36H54O3/c1-24(13-18-32(25-11-8-12-25)39-33(37)26-9-6-5-7-10-26)29-16-17-30-28-15-14-27-23-34(2,38)21-22-35(27,3)31(28)19-20-36(29,30)4/h5-7,9-10,24-25,27-32,38H,8,11-23H2,1-4H3/t24-,27+,28+,29-,30+,31+,32-,34+,35+,36-/m1/s1. The summed E-state index contributed by atoms with van der Waals surface area (Å²) in [4.78, 5) is 12.9. The predicted octanol–water partition coefficient (Wildman–Crippen LogP) is 8.84. The zero-order valence-corrected chi connectivity index (χ0v) is 25.2. The lowest BCUT2D eigenvalue weighted by molar-refractivity contribution is -0.148. The van der Waals surface area contributed by atoms with Crippen molar-refractivity contribution in [3.05, 3.63) is 35.9 Å². The zero-order chi connectivity index (χ0) is 27.4. The Balaban J connectivity index is 1.10. The van der Waals surface area contributed by atoms with E-state index in [2.05, 4.69) is 27.7 Å². The highest BCUT2D eigenvalue weighted by molar-refractivity contribution is 5.89. The van der Waals surface area contributed by atoms with Gasteiger partial charge in [-0.1, -0.05) is 45.4 Å². The van der Waals surface area contributed by atoms with E-state index in [4.69, 9.17) is 4.74 Å². The Kier molecular flexibility index (Phi) is 7.47. The van der Waals surface area contributed by atoms with Crippen LogP contribution in [0.15, 0.2) is 30.3 Å². The minimum Gasteiger partial charge on any atom is -0.458 e. The van der Waals surface area contributed by atoms with Gasteiger partial charge in [0.05, 0.1) is 11.2 Å². The van der Waals surface area contributed by atoms with Crippen molar-refractivity contribution in [2.45, 2.75) is 129 Å². The topological polar surface area (TPSA) is 46.5 Å². The number of hydrogen-bond donors (Lipinski definition) is 1. The van der Waals surface area contributed by atoms with E-state index in [1.165, 1.54) is 70.6 Å². The Morgan fingerprint density at radius 3 is 2.36 bits per heavy atom. The molecule has 5 saturated carbocycles. The minimum atomic E-state index is -0.444. The van der Waals surface area contributed by atoms with Crippen LogP contribution in [0.1, 0.15) is 128 Å². The quantitative estimate of drug-likeness (QED) is 0.355. The van der Waals surface area contributed by atoms with E-state index >= 15 is 0 Å². The molecule has 0 spiro atoms. The van der Waals surface area contributed by atoms with E-state index < -0.39 is 5.60 Å². The minimum absolute atomic E-state index is 0.0772. The molecule has 0 aromatic heterocycles. The Morgan fingerprint density at radius 2 is 1.64 bits per heavy atom. The van der Waals surface area contributed by atoms with Crippen LogP contribution < -0.4 is 0 Å². The van der Waals surface area contributed by atoms with Crippen LogP contribution in [0.2, 0.25) is 0 Å². The van der Waals surface area contributed by atoms with Crippen molar-refractivity contribution in [1.82, 2.24) is 0 Å². The molecule has 0 heterocycles. The molecular weight excluding hydrogens is 480 g/mol. The average Bonchev–Trinajstić information content (AvgIpc) is 3.24. The molecule has 0 amide bonds. The third-order valence-corrected chi connectivity index (χ3v) is 13.6. The lowest BCUT2D eigenvalue weighted by Crippen LogP contribution is -2.55. The Bertz CT molecular complexity index is 1010. The van der Waals surface area contributed by atoms with Gasteiger partial charge in [-0.3, -0.25) is 0 Å². The van der Waals surface area contributed by atoms with Crippen LogP contribution >= 0.6 is 0 Å². The largest absolute Gasteiger partial charge is 0.458 e. The van der Waals surface area contributed by atoms with Crippen molar-refractivity contribution in [3.8, 4) is 0 Å². The molecule has 0 saturated heterocycles. The van der Waals surface area contributed by atoms with Crippen LogP contribution in [0.25, 0.3) is 0 Å². The molecule has 0 unspecified atom stereocenters. The summed E-state index contributed by atoms with van der Waals surface area (Å²) in [7, 11) is 0. The van der Waals surface area contributed by atoms with Gasteiger partial charge < -0.3 is 9.84 Å². The van der Waals surface area contributed by atoms with Gasteiger partial charge in [-0.2, -0.15) is 0 Å². The van der Waals surface area contributed by atoms with Gasteiger partial charge >= 0.3 is 5.97 Å². The number of carbonyl (C=O) groups excluding carboxylic acids is 1. The maximum Gasteiger partial charge on any atom is 0.338 e. The first-order valence-corrected chi connectivity index (χ1v) is 16.6. The first-order chi connectivity index (χ1) is 18.6. The SMILES string of the molecule is C[C@H](CC[C@@H](OC(=O)c1ccccc1)C1CCC1)[C@H]1CC[C@H]2[C@@H]3CC[C@H]4C[C@@](C)(O)CC[C@]4(C)[C@H]3CC[C@]12C. The van der Waals surface area contributed by atoms with Crippen molar-refractivity contribution < 1.29 is 14.6 Å². The highest BCUT2D eigenvalue weighted by Gasteiger charge is 2.61. The van der Waals surface area contributed by atoms with E-state index in [0.717, 1.165) is 42.9 Å². The fourth-order valence-corrected chi connectivity index (χ4v) is 11.0. The van der Waals surface area contributed by atoms with Gasteiger partial charge in [-0.25, -0.2) is 4.79 Å². The van der Waals surface area contributed by atoms with Crippen molar-refractivity contribution in [2.75, 3.05) is 0 Å². The molecule has 6 rings (SSSR count). The molecule has 39 heavy (non-hydrogen) atoms. The second-order valence-corrected chi connectivity index (χ2v) is 15.6. The van der Waals surface area contributed by atoms with Gasteiger partial charge in [0.25, 0.3) is 0 Å². The summed E-state index contributed by atoms with van der Waals surface area (Å²) >= 11 is 0. The van der Waals surface area contributed by atoms with Gasteiger partial charge in [0, 0.05) is 0 Å². The number of aliphatic hydroxyl groups is 1. The number of esters is 1. The number of benzene rings is 1. The molecule has 0 aliphatic heterocycles. The number of rotatable bonds is 7. The molecule has 1 N–H and O–H groups in total. The number of fused-ring (bicyclic) bond motifs is 5. The fraction of sp³-hybridized carbons (Fsp3) is 0.806. The Hall–Kier alpha value is -1.35. The number of carbonyl (C=O) groups is 1. The van der Waals surface area contributed by atoms with Crippen molar-refractivity contribution in [1.29, 1.82) is 0 Å². The normalized spacial score (nSPS) is 43.4. The second kappa shape index (κ2) is 10.5. The van der Waals surface area contributed by atoms with E-state index in [1.807, 2.05) is 30.3 Å². The monoisotopic (exact) mass is 534 g/mol. The molecule has 216 valence electrons. The fourth-order valence-electron chi connectivity index (χ4n) is 11.0. The molecular formula is C36H54O3. The lowest BCUT2D eigenvalue weighted by atomic mass is 9.43.